The standard InChI is InChI=1S/C22H24N4O2/c1-23-22(24-16-18-8-4-7-17-6-2-3-9-19(17)18)26-13-11-25(12-14-26)21(27)20-10-5-15-28-20/h2-10,15H,11-14,16H2,1H3,(H,23,24). The van der Waals surface area contributed by atoms with Crippen molar-refractivity contribution < 1.29 is 9.21 Å². The van der Waals surface area contributed by atoms with Crippen LogP contribution in [0.15, 0.2) is 70.3 Å². The molecule has 0 saturated carbocycles. The van der Waals surface area contributed by atoms with Gasteiger partial charge in [0.2, 0.25) is 0 Å². The van der Waals surface area contributed by atoms with Gasteiger partial charge in [0.25, 0.3) is 5.91 Å². The van der Waals surface area contributed by atoms with Gasteiger partial charge in [0.1, 0.15) is 0 Å². The number of nitrogens with one attached hydrogen (secondary N) is 1. The van der Waals surface area contributed by atoms with Crippen LogP contribution in [-0.4, -0.2) is 54.9 Å². The maximum atomic E-state index is 12.4. The fourth-order valence-electron chi connectivity index (χ4n) is 3.63. The van der Waals surface area contributed by atoms with Crippen molar-refractivity contribution >= 4 is 22.6 Å². The zero-order chi connectivity index (χ0) is 19.3. The summed E-state index contributed by atoms with van der Waals surface area (Å²) >= 11 is 0. The Labute approximate surface area is 164 Å². The quantitative estimate of drug-likeness (QED) is 0.564. The highest BCUT2D eigenvalue weighted by atomic mass is 16.3. The van der Waals surface area contributed by atoms with Crippen LogP contribution in [0.1, 0.15) is 16.1 Å². The number of furan rings is 1. The molecular weight excluding hydrogens is 352 g/mol. The predicted octanol–water partition coefficient (Wildman–Crippen LogP) is 2.97. The van der Waals surface area contributed by atoms with E-state index in [0.717, 1.165) is 19.0 Å². The Morgan fingerprint density at radius 1 is 1.00 bits per heavy atom. The molecule has 1 fully saturated rings. The van der Waals surface area contributed by atoms with Crippen LogP contribution < -0.4 is 5.32 Å². The zero-order valence-corrected chi connectivity index (χ0v) is 16.0. The summed E-state index contributed by atoms with van der Waals surface area (Å²) in [5.41, 5.74) is 1.24. The SMILES string of the molecule is CN=C(NCc1cccc2ccccc12)N1CCN(C(=O)c2ccco2)CC1. The Morgan fingerprint density at radius 2 is 1.75 bits per heavy atom. The molecule has 0 atom stereocenters. The zero-order valence-electron chi connectivity index (χ0n) is 16.0. The third-order valence-electron chi connectivity index (χ3n) is 5.13. The van der Waals surface area contributed by atoms with E-state index in [9.17, 15) is 4.79 Å². The first kappa shape index (κ1) is 18.1. The molecular formula is C22H24N4O2. The second-order valence-electron chi connectivity index (χ2n) is 6.80. The fraction of sp³-hybridized carbons (Fsp3) is 0.273. The summed E-state index contributed by atoms with van der Waals surface area (Å²) in [6, 6.07) is 18.2. The minimum Gasteiger partial charge on any atom is -0.459 e. The molecule has 3 aromatic rings. The van der Waals surface area contributed by atoms with Crippen molar-refractivity contribution in [1.29, 1.82) is 0 Å². The van der Waals surface area contributed by atoms with Gasteiger partial charge < -0.3 is 19.5 Å². The van der Waals surface area contributed by atoms with Crippen LogP contribution in [0.4, 0.5) is 0 Å². The maximum absolute atomic E-state index is 12.4. The van der Waals surface area contributed by atoms with Crippen LogP contribution in [0, 0.1) is 0 Å². The van der Waals surface area contributed by atoms with Gasteiger partial charge in [0.05, 0.1) is 6.26 Å². The van der Waals surface area contributed by atoms with Crippen molar-refractivity contribution in [3.63, 3.8) is 0 Å². The lowest BCUT2D eigenvalue weighted by atomic mass is 10.0. The monoisotopic (exact) mass is 376 g/mol. The molecule has 1 N–H and O–H groups in total. The van der Waals surface area contributed by atoms with Gasteiger partial charge in [-0.25, -0.2) is 0 Å². The second kappa shape index (κ2) is 8.17. The summed E-state index contributed by atoms with van der Waals surface area (Å²) in [6.07, 6.45) is 1.53. The topological polar surface area (TPSA) is 61.1 Å². The predicted molar refractivity (Wildman–Crippen MR) is 110 cm³/mol. The Morgan fingerprint density at radius 3 is 2.50 bits per heavy atom. The number of amides is 1. The number of hydrogen-bond acceptors (Lipinski definition) is 3. The summed E-state index contributed by atoms with van der Waals surface area (Å²) in [5.74, 6) is 1.20. The minimum atomic E-state index is -0.0525. The van der Waals surface area contributed by atoms with E-state index < -0.39 is 0 Å². The maximum Gasteiger partial charge on any atom is 0.289 e. The van der Waals surface area contributed by atoms with Gasteiger partial charge in [-0.2, -0.15) is 0 Å². The van der Waals surface area contributed by atoms with Crippen molar-refractivity contribution in [2.45, 2.75) is 6.54 Å². The molecule has 2 aromatic carbocycles. The van der Waals surface area contributed by atoms with Crippen LogP contribution in [-0.2, 0) is 6.54 Å². The molecule has 0 aliphatic carbocycles. The van der Waals surface area contributed by atoms with Crippen LogP contribution in [0.2, 0.25) is 0 Å². The normalized spacial score (nSPS) is 15.1. The van der Waals surface area contributed by atoms with E-state index >= 15 is 0 Å². The van der Waals surface area contributed by atoms with E-state index in [1.165, 1.54) is 22.6 Å². The van der Waals surface area contributed by atoms with Crippen LogP contribution in [0.5, 0.6) is 0 Å². The van der Waals surface area contributed by atoms with Crippen LogP contribution in [0.25, 0.3) is 10.8 Å². The molecule has 6 nitrogen and oxygen atoms in total. The molecule has 0 spiro atoms. The van der Waals surface area contributed by atoms with E-state index in [1.807, 2.05) is 4.90 Å². The number of aliphatic imine (C=N–C) groups is 1. The van der Waals surface area contributed by atoms with Gasteiger partial charge in [0, 0.05) is 39.8 Å². The van der Waals surface area contributed by atoms with Gasteiger partial charge in [-0.3, -0.25) is 9.79 Å². The molecule has 1 aromatic heterocycles. The van der Waals surface area contributed by atoms with Crippen molar-refractivity contribution in [1.82, 2.24) is 15.1 Å². The van der Waals surface area contributed by atoms with Crippen molar-refractivity contribution in [2.75, 3.05) is 33.2 Å². The molecule has 6 heteroatoms. The van der Waals surface area contributed by atoms with E-state index in [2.05, 4.69) is 57.7 Å². The molecule has 0 radical (unpaired) electrons. The second-order valence-corrected chi connectivity index (χ2v) is 6.80. The summed E-state index contributed by atoms with van der Waals surface area (Å²) in [4.78, 5) is 20.9. The summed E-state index contributed by atoms with van der Waals surface area (Å²) in [6.45, 7) is 3.48. The molecule has 1 aliphatic heterocycles. The average molecular weight is 376 g/mol. The number of fused-ring (bicyclic) bond motifs is 1. The van der Waals surface area contributed by atoms with Crippen LogP contribution >= 0.6 is 0 Å². The van der Waals surface area contributed by atoms with E-state index in [1.54, 1.807) is 19.2 Å². The lowest BCUT2D eigenvalue weighted by Crippen LogP contribution is -2.53. The van der Waals surface area contributed by atoms with E-state index in [0.29, 0.717) is 25.4 Å². The van der Waals surface area contributed by atoms with Gasteiger partial charge in [-0.15, -0.1) is 0 Å². The number of piperazine rings is 1. The molecule has 1 saturated heterocycles. The van der Waals surface area contributed by atoms with Crippen molar-refractivity contribution in [2.24, 2.45) is 4.99 Å². The molecule has 144 valence electrons. The Kier molecular flexibility index (Phi) is 5.28. The third kappa shape index (κ3) is 3.71. The van der Waals surface area contributed by atoms with Gasteiger partial charge >= 0.3 is 0 Å². The Bertz CT molecular complexity index is 968. The Hall–Kier alpha value is -3.28. The molecule has 1 aliphatic rings. The first-order chi connectivity index (χ1) is 13.8. The average Bonchev–Trinajstić information content (AvgIpc) is 3.29. The number of carbonyl (C=O) groups is 1. The summed E-state index contributed by atoms with van der Waals surface area (Å²) in [7, 11) is 1.80. The first-order valence-corrected chi connectivity index (χ1v) is 9.51. The van der Waals surface area contributed by atoms with Crippen LogP contribution in [0.3, 0.4) is 0 Å². The number of carbonyl (C=O) groups excluding carboxylic acids is 1. The highest BCUT2D eigenvalue weighted by Crippen LogP contribution is 2.18. The van der Waals surface area contributed by atoms with E-state index in [4.69, 9.17) is 4.42 Å². The molecule has 4 rings (SSSR count). The molecule has 2 heterocycles. The molecule has 0 unspecified atom stereocenters. The van der Waals surface area contributed by atoms with Crippen molar-refractivity contribution in [3.05, 3.63) is 72.2 Å². The molecule has 1 amide bonds. The number of hydrogen-bond donors (Lipinski definition) is 1. The number of rotatable bonds is 3. The lowest BCUT2D eigenvalue weighted by molar-refractivity contribution is 0.0657. The van der Waals surface area contributed by atoms with Gasteiger partial charge in [-0.05, 0) is 28.5 Å². The lowest BCUT2D eigenvalue weighted by Gasteiger charge is -2.36. The largest absolute Gasteiger partial charge is 0.459 e. The summed E-state index contributed by atoms with van der Waals surface area (Å²) in [5, 5.41) is 5.96. The Balaban J connectivity index is 1.37. The number of guanidine groups is 1. The summed E-state index contributed by atoms with van der Waals surface area (Å²) < 4.78 is 5.23. The molecule has 28 heavy (non-hydrogen) atoms. The van der Waals surface area contributed by atoms with Gasteiger partial charge in [-0.1, -0.05) is 42.5 Å². The van der Waals surface area contributed by atoms with E-state index in [-0.39, 0.29) is 5.91 Å². The number of nitrogens with zero attached hydrogens (tertiary/aromatic N) is 3. The smallest absolute Gasteiger partial charge is 0.289 e. The molecule has 0 bridgehead atoms. The van der Waals surface area contributed by atoms with Crippen molar-refractivity contribution in [3.8, 4) is 0 Å². The minimum absolute atomic E-state index is 0.0525. The number of benzene rings is 2. The third-order valence-corrected chi connectivity index (χ3v) is 5.13. The first-order valence-electron chi connectivity index (χ1n) is 9.51. The fourth-order valence-corrected chi connectivity index (χ4v) is 3.63. The van der Waals surface area contributed by atoms with Gasteiger partial charge in [0.15, 0.2) is 11.7 Å². The highest BCUT2D eigenvalue weighted by Gasteiger charge is 2.25. The highest BCUT2D eigenvalue weighted by molar-refractivity contribution is 5.91.